The number of aliphatic imine (C=N–C) groups is 1. The molecular weight excluding hydrogens is 392 g/mol. The highest BCUT2D eigenvalue weighted by Gasteiger charge is 2.32. The number of amidine groups is 1. The van der Waals surface area contributed by atoms with Crippen molar-refractivity contribution in [2.75, 3.05) is 13.2 Å². The molecule has 1 heterocycles. The van der Waals surface area contributed by atoms with Crippen LogP contribution in [0.4, 0.5) is 5.69 Å². The van der Waals surface area contributed by atoms with Gasteiger partial charge in [0.1, 0.15) is 11.5 Å². The fourth-order valence-corrected chi connectivity index (χ4v) is 3.67. The largest absolute Gasteiger partial charge is 0.508 e. The number of phenols is 1. The number of aliphatic carboxylic acids is 1. The molecule has 0 spiro atoms. The average Bonchev–Trinajstić information content (AvgIpc) is 2.98. The molecule has 0 aromatic heterocycles. The van der Waals surface area contributed by atoms with Gasteiger partial charge in [-0.05, 0) is 66.7 Å². The van der Waals surface area contributed by atoms with E-state index in [0.717, 1.165) is 5.56 Å². The standard InChI is InChI=1S/C21H20N2O5S/c1-2-23-20(27)18(29-21(23)22-15-6-8-16(24)9-7-15)13-14-4-3-5-17(12-14)28-11-10-19(25)26/h3-9,12-13,24H,2,10-11H2,1H3,(H,25,26)/b18-13-,22-21?. The molecule has 7 nitrogen and oxygen atoms in total. The minimum Gasteiger partial charge on any atom is -0.508 e. The first-order valence-electron chi connectivity index (χ1n) is 9.00. The zero-order valence-electron chi connectivity index (χ0n) is 15.7. The highest BCUT2D eigenvalue weighted by Crippen LogP contribution is 2.34. The van der Waals surface area contributed by atoms with Crippen LogP contribution in [0.5, 0.6) is 11.5 Å². The maximum atomic E-state index is 12.7. The van der Waals surface area contributed by atoms with Crippen molar-refractivity contribution in [3.8, 4) is 11.5 Å². The molecule has 2 aromatic rings. The Morgan fingerprint density at radius 3 is 2.69 bits per heavy atom. The second-order valence-electron chi connectivity index (χ2n) is 6.14. The number of aromatic hydroxyl groups is 1. The summed E-state index contributed by atoms with van der Waals surface area (Å²) in [5.74, 6) is -0.354. The zero-order valence-corrected chi connectivity index (χ0v) is 16.6. The van der Waals surface area contributed by atoms with Crippen LogP contribution >= 0.6 is 11.8 Å². The number of phenolic OH excluding ortho intramolecular Hbond substituents is 1. The Hall–Kier alpha value is -3.26. The average molecular weight is 412 g/mol. The predicted octanol–water partition coefficient (Wildman–Crippen LogP) is 3.87. The summed E-state index contributed by atoms with van der Waals surface area (Å²) >= 11 is 1.28. The van der Waals surface area contributed by atoms with Crippen LogP contribution < -0.4 is 4.74 Å². The van der Waals surface area contributed by atoms with Gasteiger partial charge >= 0.3 is 5.97 Å². The smallest absolute Gasteiger partial charge is 0.306 e. The van der Waals surface area contributed by atoms with Crippen molar-refractivity contribution in [3.05, 3.63) is 59.0 Å². The van der Waals surface area contributed by atoms with Gasteiger partial charge in [0.15, 0.2) is 5.17 Å². The summed E-state index contributed by atoms with van der Waals surface area (Å²) in [6.45, 7) is 2.44. The first-order valence-corrected chi connectivity index (χ1v) is 9.81. The lowest BCUT2D eigenvalue weighted by molar-refractivity contribution is -0.137. The summed E-state index contributed by atoms with van der Waals surface area (Å²) in [4.78, 5) is 30.0. The van der Waals surface area contributed by atoms with Crippen LogP contribution in [0.25, 0.3) is 6.08 Å². The van der Waals surface area contributed by atoms with Crippen molar-refractivity contribution in [1.82, 2.24) is 4.90 Å². The summed E-state index contributed by atoms with van der Waals surface area (Å²) in [6, 6.07) is 13.6. The summed E-state index contributed by atoms with van der Waals surface area (Å²) < 4.78 is 5.44. The second-order valence-corrected chi connectivity index (χ2v) is 7.14. The molecule has 0 radical (unpaired) electrons. The number of thioether (sulfide) groups is 1. The Morgan fingerprint density at radius 2 is 2.00 bits per heavy atom. The molecule has 29 heavy (non-hydrogen) atoms. The number of amides is 1. The maximum Gasteiger partial charge on any atom is 0.306 e. The highest BCUT2D eigenvalue weighted by molar-refractivity contribution is 8.18. The summed E-state index contributed by atoms with van der Waals surface area (Å²) in [5.41, 5.74) is 1.42. The van der Waals surface area contributed by atoms with Crippen molar-refractivity contribution in [2.45, 2.75) is 13.3 Å². The van der Waals surface area contributed by atoms with Crippen LogP contribution in [-0.4, -0.2) is 45.3 Å². The van der Waals surface area contributed by atoms with Crippen molar-refractivity contribution in [1.29, 1.82) is 0 Å². The number of carbonyl (C=O) groups is 2. The number of hydrogen-bond donors (Lipinski definition) is 2. The number of carbonyl (C=O) groups excluding carboxylic acids is 1. The van der Waals surface area contributed by atoms with Crippen LogP contribution in [0, 0.1) is 0 Å². The number of rotatable bonds is 7. The molecule has 1 fully saturated rings. The van der Waals surface area contributed by atoms with E-state index in [-0.39, 0.29) is 24.7 Å². The van der Waals surface area contributed by atoms with E-state index >= 15 is 0 Å². The zero-order chi connectivity index (χ0) is 20.8. The van der Waals surface area contributed by atoms with E-state index < -0.39 is 5.97 Å². The molecule has 1 aliphatic rings. The van der Waals surface area contributed by atoms with Gasteiger partial charge in [-0.2, -0.15) is 0 Å². The number of hydrogen-bond acceptors (Lipinski definition) is 6. The molecule has 0 unspecified atom stereocenters. The summed E-state index contributed by atoms with van der Waals surface area (Å²) in [7, 11) is 0. The van der Waals surface area contributed by atoms with E-state index in [4.69, 9.17) is 9.84 Å². The van der Waals surface area contributed by atoms with E-state index in [1.54, 1.807) is 53.4 Å². The third-order valence-electron chi connectivity index (χ3n) is 4.02. The number of benzene rings is 2. The molecule has 1 amide bonds. The van der Waals surface area contributed by atoms with Crippen LogP contribution in [0.1, 0.15) is 18.9 Å². The van der Waals surface area contributed by atoms with Crippen LogP contribution in [0.3, 0.4) is 0 Å². The van der Waals surface area contributed by atoms with Gasteiger partial charge in [0.05, 0.1) is 23.6 Å². The van der Waals surface area contributed by atoms with Gasteiger partial charge in [0.25, 0.3) is 5.91 Å². The van der Waals surface area contributed by atoms with E-state index in [1.165, 1.54) is 11.8 Å². The van der Waals surface area contributed by atoms with Gasteiger partial charge in [0.2, 0.25) is 0 Å². The fraction of sp³-hybridized carbons (Fsp3) is 0.190. The number of ether oxygens (including phenoxy) is 1. The lowest BCUT2D eigenvalue weighted by Gasteiger charge is -2.11. The van der Waals surface area contributed by atoms with E-state index in [1.807, 2.05) is 13.0 Å². The first kappa shape index (κ1) is 20.5. The maximum absolute atomic E-state index is 12.7. The van der Waals surface area contributed by atoms with E-state index in [0.29, 0.717) is 28.1 Å². The van der Waals surface area contributed by atoms with Gasteiger partial charge in [-0.15, -0.1) is 0 Å². The molecule has 0 bridgehead atoms. The van der Waals surface area contributed by atoms with Crippen molar-refractivity contribution >= 4 is 40.6 Å². The lowest BCUT2D eigenvalue weighted by atomic mass is 10.2. The number of likely N-dealkylation sites (N-methyl/N-ethyl adjacent to an activating group) is 1. The Labute approximate surface area is 172 Å². The molecule has 3 rings (SSSR count). The Balaban J connectivity index is 1.80. The van der Waals surface area contributed by atoms with Gasteiger partial charge in [-0.25, -0.2) is 4.99 Å². The molecular formula is C21H20N2O5S. The molecule has 0 atom stereocenters. The first-order chi connectivity index (χ1) is 14.0. The Morgan fingerprint density at radius 1 is 1.24 bits per heavy atom. The topological polar surface area (TPSA) is 99.4 Å². The lowest BCUT2D eigenvalue weighted by Crippen LogP contribution is -2.28. The van der Waals surface area contributed by atoms with Crippen LogP contribution in [-0.2, 0) is 9.59 Å². The Kier molecular flexibility index (Phi) is 6.56. The normalized spacial score (nSPS) is 16.6. The number of nitrogens with zero attached hydrogens (tertiary/aromatic N) is 2. The third-order valence-corrected chi connectivity index (χ3v) is 5.03. The molecule has 150 valence electrons. The van der Waals surface area contributed by atoms with Crippen LogP contribution in [0.2, 0.25) is 0 Å². The third kappa shape index (κ3) is 5.39. The van der Waals surface area contributed by atoms with Crippen LogP contribution in [0.15, 0.2) is 58.4 Å². The molecule has 0 aliphatic carbocycles. The number of carboxylic acids is 1. The molecule has 1 aliphatic heterocycles. The van der Waals surface area contributed by atoms with Gasteiger partial charge in [0, 0.05) is 6.54 Å². The minimum absolute atomic E-state index is 0.0795. The quantitative estimate of drug-likeness (QED) is 0.670. The summed E-state index contributed by atoms with van der Waals surface area (Å²) in [5, 5.41) is 18.7. The molecule has 1 saturated heterocycles. The molecule has 2 N–H and O–H groups in total. The van der Waals surface area contributed by atoms with Crippen molar-refractivity contribution in [3.63, 3.8) is 0 Å². The fourth-order valence-electron chi connectivity index (χ4n) is 2.61. The van der Waals surface area contributed by atoms with Crippen molar-refractivity contribution in [2.24, 2.45) is 4.99 Å². The van der Waals surface area contributed by atoms with Crippen molar-refractivity contribution < 1.29 is 24.5 Å². The molecule has 2 aromatic carbocycles. The minimum atomic E-state index is -0.920. The number of carboxylic acid groups (broad SMARTS) is 1. The van der Waals surface area contributed by atoms with Gasteiger partial charge in [-0.3, -0.25) is 14.5 Å². The van der Waals surface area contributed by atoms with E-state index in [9.17, 15) is 14.7 Å². The predicted molar refractivity (Wildman–Crippen MR) is 112 cm³/mol. The second kappa shape index (κ2) is 9.29. The highest BCUT2D eigenvalue weighted by atomic mass is 32.2. The molecule has 8 heteroatoms. The van der Waals surface area contributed by atoms with Gasteiger partial charge < -0.3 is 14.9 Å². The molecule has 0 saturated carbocycles. The van der Waals surface area contributed by atoms with Gasteiger partial charge in [-0.1, -0.05) is 12.1 Å². The van der Waals surface area contributed by atoms with E-state index in [2.05, 4.69) is 4.99 Å². The monoisotopic (exact) mass is 412 g/mol. The SMILES string of the molecule is CCN1C(=O)/C(=C/c2cccc(OCCC(=O)O)c2)SC1=Nc1ccc(O)cc1. The Bertz CT molecular complexity index is 969. The summed E-state index contributed by atoms with van der Waals surface area (Å²) in [6.07, 6.45) is 1.68.